The lowest BCUT2D eigenvalue weighted by Gasteiger charge is -2.06. The third-order valence-corrected chi connectivity index (χ3v) is 2.90. The van der Waals surface area contributed by atoms with Crippen LogP contribution in [0.15, 0.2) is 17.5 Å². The first-order chi connectivity index (χ1) is 6.75. The number of nitrogens with two attached hydrogens (primary N) is 1. The Morgan fingerprint density at radius 1 is 1.71 bits per heavy atom. The van der Waals surface area contributed by atoms with Crippen LogP contribution in [0.5, 0.6) is 0 Å². The number of hydrogen-bond donors (Lipinski definition) is 1. The third-order valence-electron chi connectivity index (χ3n) is 1.94. The van der Waals surface area contributed by atoms with Gasteiger partial charge >= 0.3 is 0 Å². The Morgan fingerprint density at radius 3 is 3.07 bits per heavy atom. The summed E-state index contributed by atoms with van der Waals surface area (Å²) in [7, 11) is 0. The number of carbonyl (C=O) groups excluding carboxylic acids is 1. The summed E-state index contributed by atoms with van der Waals surface area (Å²) in [4.78, 5) is 12.5. The smallest absolute Gasteiger partial charge is 0.154 e. The number of rotatable bonds is 5. The Morgan fingerprint density at radius 2 is 2.50 bits per heavy atom. The van der Waals surface area contributed by atoms with E-state index in [9.17, 15) is 4.79 Å². The summed E-state index contributed by atoms with van der Waals surface area (Å²) >= 11 is 1.51. The van der Waals surface area contributed by atoms with E-state index in [1.54, 1.807) is 0 Å². The van der Waals surface area contributed by atoms with Crippen molar-refractivity contribution in [1.82, 2.24) is 0 Å². The Kier molecular flexibility index (Phi) is 4.37. The van der Waals surface area contributed by atoms with Crippen LogP contribution in [-0.2, 0) is 4.79 Å². The van der Waals surface area contributed by atoms with E-state index in [-0.39, 0.29) is 5.78 Å². The van der Waals surface area contributed by atoms with Crippen LogP contribution in [0.3, 0.4) is 0 Å². The molecule has 0 saturated heterocycles. The van der Waals surface area contributed by atoms with E-state index in [1.807, 2.05) is 17.5 Å². The maximum Gasteiger partial charge on any atom is 0.154 e. The number of unbranched alkanes of at least 4 members (excludes halogenated alkanes) is 1. The fourth-order valence-electron chi connectivity index (χ4n) is 1.15. The summed E-state index contributed by atoms with van der Waals surface area (Å²) in [6, 6.07) is 3.32. The Hall–Kier alpha value is -1.11. The van der Waals surface area contributed by atoms with E-state index in [4.69, 9.17) is 12.2 Å². The van der Waals surface area contributed by atoms with Gasteiger partial charge in [0, 0.05) is 17.7 Å². The molecular formula is C11H13NOS. The first-order valence-electron chi connectivity index (χ1n) is 4.51. The van der Waals surface area contributed by atoms with Crippen LogP contribution in [0.2, 0.25) is 0 Å². The summed E-state index contributed by atoms with van der Waals surface area (Å²) in [6.07, 6.45) is 6.94. The minimum absolute atomic E-state index is 0.0719. The van der Waals surface area contributed by atoms with Crippen LogP contribution in [0.25, 0.3) is 0 Å². The molecule has 14 heavy (non-hydrogen) atoms. The molecule has 0 aliphatic rings. The molecule has 0 amide bonds. The van der Waals surface area contributed by atoms with Crippen molar-refractivity contribution in [2.24, 2.45) is 5.73 Å². The van der Waals surface area contributed by atoms with E-state index < -0.39 is 6.04 Å². The maximum absolute atomic E-state index is 11.5. The number of Topliss-reactive ketones (excluding diaryl/α,β-unsaturated/α-hetero) is 1. The normalized spacial score (nSPS) is 12.0. The molecule has 74 valence electrons. The van der Waals surface area contributed by atoms with Gasteiger partial charge in [-0.05, 0) is 17.9 Å². The predicted octanol–water partition coefficient (Wildman–Crippen LogP) is 2.12. The van der Waals surface area contributed by atoms with Gasteiger partial charge in [0.25, 0.3) is 0 Å². The monoisotopic (exact) mass is 207 g/mol. The molecule has 0 aliphatic carbocycles. The highest BCUT2D eigenvalue weighted by molar-refractivity contribution is 7.10. The molecular weight excluding hydrogens is 194 g/mol. The zero-order valence-electron chi connectivity index (χ0n) is 7.90. The lowest BCUT2D eigenvalue weighted by Crippen LogP contribution is -2.19. The van der Waals surface area contributed by atoms with Crippen molar-refractivity contribution >= 4 is 17.1 Å². The average Bonchev–Trinajstić information content (AvgIpc) is 2.69. The molecule has 0 aliphatic heterocycles. The molecule has 1 rings (SSSR count). The van der Waals surface area contributed by atoms with Crippen LogP contribution in [0, 0.1) is 12.3 Å². The van der Waals surface area contributed by atoms with Crippen molar-refractivity contribution in [3.05, 3.63) is 22.4 Å². The summed E-state index contributed by atoms with van der Waals surface area (Å²) in [6.45, 7) is 0. The molecule has 1 aromatic rings. The van der Waals surface area contributed by atoms with Crippen molar-refractivity contribution < 1.29 is 4.79 Å². The van der Waals surface area contributed by atoms with E-state index in [0.29, 0.717) is 12.8 Å². The fourth-order valence-corrected chi connectivity index (χ4v) is 1.90. The largest absolute Gasteiger partial charge is 0.317 e. The molecule has 1 aromatic heterocycles. The van der Waals surface area contributed by atoms with Gasteiger partial charge in [-0.3, -0.25) is 4.79 Å². The summed E-state index contributed by atoms with van der Waals surface area (Å²) in [5.41, 5.74) is 5.77. The second kappa shape index (κ2) is 5.58. The quantitative estimate of drug-likeness (QED) is 0.593. The van der Waals surface area contributed by atoms with Gasteiger partial charge in [0.2, 0.25) is 0 Å². The minimum atomic E-state index is -0.465. The van der Waals surface area contributed by atoms with Gasteiger partial charge in [0.15, 0.2) is 5.78 Å². The van der Waals surface area contributed by atoms with Gasteiger partial charge in [-0.1, -0.05) is 6.07 Å². The molecule has 2 N–H and O–H groups in total. The van der Waals surface area contributed by atoms with E-state index in [0.717, 1.165) is 11.3 Å². The van der Waals surface area contributed by atoms with Crippen molar-refractivity contribution in [2.75, 3.05) is 0 Å². The molecule has 2 nitrogen and oxygen atoms in total. The van der Waals surface area contributed by atoms with Gasteiger partial charge in [0.1, 0.15) is 0 Å². The molecule has 0 fully saturated rings. The SMILES string of the molecule is C#CCCCC(=O)C(N)c1cccs1. The molecule has 0 saturated carbocycles. The van der Waals surface area contributed by atoms with E-state index in [1.165, 1.54) is 11.3 Å². The standard InChI is InChI=1S/C11H13NOS/c1-2-3-4-6-9(13)11(12)10-7-5-8-14-10/h1,5,7-8,11H,3-4,6,12H2. The zero-order valence-corrected chi connectivity index (χ0v) is 8.72. The Balaban J connectivity index is 2.42. The van der Waals surface area contributed by atoms with Crippen molar-refractivity contribution in [3.8, 4) is 12.3 Å². The number of terminal acetylenes is 1. The molecule has 1 atom stereocenters. The van der Waals surface area contributed by atoms with Crippen LogP contribution in [0.1, 0.15) is 30.2 Å². The van der Waals surface area contributed by atoms with Crippen molar-refractivity contribution in [1.29, 1.82) is 0 Å². The predicted molar refractivity (Wildman–Crippen MR) is 58.9 cm³/mol. The molecule has 1 heterocycles. The molecule has 3 heteroatoms. The van der Waals surface area contributed by atoms with Gasteiger partial charge < -0.3 is 5.73 Å². The Labute approximate surface area is 88.1 Å². The highest BCUT2D eigenvalue weighted by atomic mass is 32.1. The second-order valence-corrected chi connectivity index (χ2v) is 4.00. The molecule has 0 spiro atoms. The van der Waals surface area contributed by atoms with Crippen LogP contribution >= 0.6 is 11.3 Å². The molecule has 0 aromatic carbocycles. The second-order valence-electron chi connectivity index (χ2n) is 3.02. The van der Waals surface area contributed by atoms with Crippen LogP contribution < -0.4 is 5.73 Å². The van der Waals surface area contributed by atoms with Crippen LogP contribution in [-0.4, -0.2) is 5.78 Å². The molecule has 1 unspecified atom stereocenters. The Bertz CT molecular complexity index is 324. The van der Waals surface area contributed by atoms with Crippen molar-refractivity contribution in [3.63, 3.8) is 0 Å². The highest BCUT2D eigenvalue weighted by Crippen LogP contribution is 2.19. The fraction of sp³-hybridized carbons (Fsp3) is 0.364. The lowest BCUT2D eigenvalue weighted by atomic mass is 10.1. The highest BCUT2D eigenvalue weighted by Gasteiger charge is 2.15. The number of ketones is 1. The number of carbonyl (C=O) groups is 1. The first kappa shape index (κ1) is 11.0. The van der Waals surface area contributed by atoms with Gasteiger partial charge in [-0.2, -0.15) is 0 Å². The summed E-state index contributed by atoms with van der Waals surface area (Å²) < 4.78 is 0. The minimum Gasteiger partial charge on any atom is -0.317 e. The van der Waals surface area contributed by atoms with Gasteiger partial charge in [0.05, 0.1) is 6.04 Å². The first-order valence-corrected chi connectivity index (χ1v) is 5.39. The average molecular weight is 207 g/mol. The number of hydrogen-bond acceptors (Lipinski definition) is 3. The van der Waals surface area contributed by atoms with E-state index >= 15 is 0 Å². The van der Waals surface area contributed by atoms with E-state index in [2.05, 4.69) is 5.92 Å². The maximum atomic E-state index is 11.5. The molecule has 0 radical (unpaired) electrons. The summed E-state index contributed by atoms with van der Waals surface area (Å²) in [5, 5.41) is 1.92. The molecule has 0 bridgehead atoms. The van der Waals surface area contributed by atoms with Crippen molar-refractivity contribution in [2.45, 2.75) is 25.3 Å². The van der Waals surface area contributed by atoms with Gasteiger partial charge in [-0.15, -0.1) is 23.7 Å². The third kappa shape index (κ3) is 2.99. The topological polar surface area (TPSA) is 43.1 Å². The lowest BCUT2D eigenvalue weighted by molar-refractivity contribution is -0.120. The summed E-state index contributed by atoms with van der Waals surface area (Å²) in [5.74, 6) is 2.58. The van der Waals surface area contributed by atoms with Gasteiger partial charge in [-0.25, -0.2) is 0 Å². The number of thiophene rings is 1. The van der Waals surface area contributed by atoms with Crippen LogP contribution in [0.4, 0.5) is 0 Å². The zero-order chi connectivity index (χ0) is 10.4.